The molecule has 0 fully saturated rings. The molecular weight excluding hydrogens is 593 g/mol. The molecule has 0 bridgehead atoms. The summed E-state index contributed by atoms with van der Waals surface area (Å²) in [6.07, 6.45) is 0. The van der Waals surface area contributed by atoms with Crippen molar-refractivity contribution in [1.82, 2.24) is 29.1 Å². The molecule has 0 atom stereocenters. The molecule has 0 aliphatic heterocycles. The van der Waals surface area contributed by atoms with E-state index >= 15 is 0 Å². The second kappa shape index (κ2) is 13.3. The number of hydrogen-bond acceptors (Lipinski definition) is 3. The molecule has 5 aromatic rings. The first-order valence-corrected chi connectivity index (χ1v) is 15.3. The summed E-state index contributed by atoms with van der Waals surface area (Å²) < 4.78 is 20.1. The number of aromatic nitrogens is 6. The molecule has 3 heterocycles. The molecule has 0 aliphatic carbocycles. The van der Waals surface area contributed by atoms with Gasteiger partial charge in [0.1, 0.15) is 0 Å². The van der Waals surface area contributed by atoms with Gasteiger partial charge in [-0.2, -0.15) is 0 Å². The first-order chi connectivity index (χ1) is 19.6. The van der Waals surface area contributed by atoms with Crippen molar-refractivity contribution in [3.05, 3.63) is 135 Å². The molecule has 0 saturated carbocycles. The molecule has 10 heteroatoms. The van der Waals surface area contributed by atoms with E-state index in [2.05, 4.69) is 54.3 Å². The summed E-state index contributed by atoms with van der Waals surface area (Å²) in [5, 5.41) is 14.0. The van der Waals surface area contributed by atoms with Crippen molar-refractivity contribution in [2.24, 2.45) is 0 Å². The van der Waals surface area contributed by atoms with E-state index in [0.29, 0.717) is 5.70 Å². The van der Waals surface area contributed by atoms with Crippen LogP contribution in [-0.4, -0.2) is 39.9 Å². The molecule has 3 aromatic heterocycles. The zero-order valence-electron chi connectivity index (χ0n) is 24.6. The molecule has 1 N–H and O–H groups in total. The zero-order valence-corrected chi connectivity index (χ0v) is 26.8. The molecule has 0 amide bonds. The number of nitrogens with one attached hydrogen (secondary N) is 1. The Kier molecular flexibility index (Phi) is 9.75. The van der Waals surface area contributed by atoms with Crippen molar-refractivity contribution in [3.63, 3.8) is 0 Å². The Labute approximate surface area is 251 Å². The van der Waals surface area contributed by atoms with E-state index in [1.54, 1.807) is 0 Å². The van der Waals surface area contributed by atoms with Crippen molar-refractivity contribution >= 4 is 16.5 Å². The van der Waals surface area contributed by atoms with Crippen LogP contribution in [0.25, 0.3) is 11.4 Å². The minimum absolute atomic E-state index is 0.226. The second-order valence-electron chi connectivity index (χ2n) is 10.1. The summed E-state index contributed by atoms with van der Waals surface area (Å²) in [5.41, 5.74) is 17.3. The van der Waals surface area contributed by atoms with Crippen LogP contribution in [0.2, 0.25) is 0 Å². The van der Waals surface area contributed by atoms with E-state index < -0.39 is 19.8 Å². The van der Waals surface area contributed by atoms with E-state index in [9.17, 15) is 3.02 Å². The maximum absolute atomic E-state index is 13.5. The average molecular weight is 628 g/mol. The first-order valence-electron chi connectivity index (χ1n) is 13.4. The summed E-state index contributed by atoms with van der Waals surface area (Å²) in [7, 11) is -0.226. The Balaban J connectivity index is 0.000000191. The van der Waals surface area contributed by atoms with Crippen molar-refractivity contribution < 1.29 is 22.9 Å². The van der Waals surface area contributed by atoms with Crippen molar-refractivity contribution in [1.29, 1.82) is 0 Å². The van der Waals surface area contributed by atoms with Crippen molar-refractivity contribution in [2.45, 2.75) is 48.5 Å². The molecule has 0 unspecified atom stereocenters. The van der Waals surface area contributed by atoms with E-state index in [0.717, 1.165) is 54.6 Å². The Morgan fingerprint density at radius 2 is 1.02 bits per heavy atom. The molecule has 211 valence electrons. The fourth-order valence-corrected chi connectivity index (χ4v) is 6.01. The predicted octanol–water partition coefficient (Wildman–Crippen LogP) is 6.71. The minimum atomic E-state index is -1.93. The molecule has 1 radical (unpaired) electrons. The standard InChI is InChI=1S/C16H14N.C15H21BN6.FH.Nb/c1-13(12-14-8-4-2-5-9-14)16(17)15-10-6-3-7-11-15;1-10-7-13(4)20(17-10)16(21-14(5)8-11(2)18-21)22-15(6)9-12(3)19-22;;/h2-11,17H,1H3;7-9H,1-6H3;1H;/q2*-1;;+1/p-1/b16-13-;;;. The first kappa shape index (κ1) is 30.2. The summed E-state index contributed by atoms with van der Waals surface area (Å²) in [6.45, 7) is 14.0. The predicted molar refractivity (Wildman–Crippen MR) is 162 cm³/mol. The summed E-state index contributed by atoms with van der Waals surface area (Å²) in [5.74, 6) is 0. The quantitative estimate of drug-likeness (QED) is 0.196. The van der Waals surface area contributed by atoms with Gasteiger partial charge in [0.15, 0.2) is 0 Å². The van der Waals surface area contributed by atoms with Crippen LogP contribution in [0.4, 0.5) is 3.02 Å². The maximum atomic E-state index is 13.5. The fourth-order valence-electron chi connectivity index (χ4n) is 4.81. The van der Waals surface area contributed by atoms with Gasteiger partial charge in [-0.3, -0.25) is 0 Å². The maximum Gasteiger partial charge on any atom is 0.261 e. The van der Waals surface area contributed by atoms with Gasteiger partial charge in [-0.05, 0) is 76.8 Å². The Bertz CT molecular complexity index is 1570. The Morgan fingerprint density at radius 1 is 0.659 bits per heavy atom. The molecule has 41 heavy (non-hydrogen) atoms. The summed E-state index contributed by atoms with van der Waals surface area (Å²) in [4.78, 5) is 0. The van der Waals surface area contributed by atoms with E-state index in [1.165, 1.54) is 0 Å². The third-order valence-electron chi connectivity index (χ3n) is 6.71. The van der Waals surface area contributed by atoms with E-state index in [1.807, 2.05) is 102 Å². The molecule has 0 aliphatic rings. The number of hydrogen-bond donors (Lipinski definition) is 0. The molecular formula is C31H35BFN7Nb-2. The van der Waals surface area contributed by atoms with Gasteiger partial charge in [0.2, 0.25) is 0 Å². The van der Waals surface area contributed by atoms with Gasteiger partial charge >= 0.3 is 122 Å². The van der Waals surface area contributed by atoms with Crippen molar-refractivity contribution in [2.75, 3.05) is 0 Å². The normalized spacial score (nSPS) is 12.3. The minimum Gasteiger partial charge on any atom is -0.422 e. The number of rotatable bonds is 6. The number of aryl methyl sites for hydroxylation is 6. The van der Waals surface area contributed by atoms with Crippen LogP contribution < -0.4 is 0 Å². The van der Waals surface area contributed by atoms with Crippen LogP contribution in [0.15, 0.2) is 84.4 Å². The monoisotopic (exact) mass is 628 g/mol. The number of allylic oxidation sites excluding steroid dienone is 1. The zero-order chi connectivity index (χ0) is 29.7. The Morgan fingerprint density at radius 3 is 1.34 bits per heavy atom. The molecule has 2 aromatic carbocycles. The fraction of sp³-hybridized carbons (Fsp3) is 0.226. The SMILES string of the molecule is C/C([C](=[Nb][F])c1ccccc1)=C(/[NH-])c1ccccc1.Cc1cc(C)n([B-](n2nc(C)cc2C)n2nc(C)cc2C)n1. The Hall–Kier alpha value is -3.78. The number of benzene rings is 2. The van der Waals surface area contributed by atoms with E-state index in [-0.39, 0.29) is 7.12 Å². The van der Waals surface area contributed by atoms with Crippen molar-refractivity contribution in [3.8, 4) is 0 Å². The van der Waals surface area contributed by atoms with Crippen LogP contribution in [-0.2, 0) is 19.8 Å². The molecule has 7 nitrogen and oxygen atoms in total. The number of halogens is 1. The smallest absolute Gasteiger partial charge is 0.261 e. The third kappa shape index (κ3) is 6.93. The third-order valence-corrected chi connectivity index (χ3v) is 8.59. The number of nitrogens with zero attached hydrogens (tertiary/aromatic N) is 6. The van der Waals surface area contributed by atoms with Gasteiger partial charge in [-0.15, -0.1) is 0 Å². The van der Waals surface area contributed by atoms with Gasteiger partial charge in [-0.25, -0.2) is 15.3 Å². The molecule has 5 rings (SSSR count). The van der Waals surface area contributed by atoms with Crippen LogP contribution in [0, 0.1) is 41.5 Å². The summed E-state index contributed by atoms with van der Waals surface area (Å²) >= 11 is -1.93. The van der Waals surface area contributed by atoms with Crippen LogP contribution in [0.5, 0.6) is 0 Å². The molecule has 0 spiro atoms. The van der Waals surface area contributed by atoms with Crippen LogP contribution in [0.1, 0.15) is 52.2 Å². The van der Waals surface area contributed by atoms with Crippen LogP contribution in [0.3, 0.4) is 0 Å². The van der Waals surface area contributed by atoms with Gasteiger partial charge in [0, 0.05) is 0 Å². The van der Waals surface area contributed by atoms with E-state index in [4.69, 9.17) is 5.73 Å². The van der Waals surface area contributed by atoms with Gasteiger partial charge < -0.3 is 13.8 Å². The summed E-state index contributed by atoms with van der Waals surface area (Å²) in [6, 6.07) is 25.2. The van der Waals surface area contributed by atoms with Crippen LogP contribution >= 0.6 is 0 Å². The topological polar surface area (TPSA) is 77.3 Å². The average Bonchev–Trinajstić information content (AvgIpc) is 3.59. The second-order valence-corrected chi connectivity index (χ2v) is 11.6. The molecule has 0 saturated heterocycles. The van der Waals surface area contributed by atoms with Gasteiger partial charge in [0.25, 0.3) is 7.12 Å². The largest absolute Gasteiger partial charge is 0.422 e. The van der Waals surface area contributed by atoms with Gasteiger partial charge in [-0.1, -0.05) is 0 Å². The van der Waals surface area contributed by atoms with Gasteiger partial charge in [0.05, 0.1) is 17.1 Å².